The van der Waals surface area contributed by atoms with Gasteiger partial charge in [-0.25, -0.2) is 4.39 Å². The van der Waals surface area contributed by atoms with E-state index in [1.54, 1.807) is 6.07 Å². The molecular formula is C15H23FN2. The van der Waals surface area contributed by atoms with Crippen molar-refractivity contribution < 1.29 is 4.39 Å². The molecule has 2 nitrogen and oxygen atoms in total. The predicted octanol–water partition coefficient (Wildman–Crippen LogP) is 3.31. The molecule has 0 bridgehead atoms. The van der Waals surface area contributed by atoms with E-state index in [-0.39, 0.29) is 11.4 Å². The van der Waals surface area contributed by atoms with Gasteiger partial charge in [0.2, 0.25) is 0 Å². The first-order valence-corrected chi connectivity index (χ1v) is 6.74. The van der Waals surface area contributed by atoms with E-state index in [0.717, 1.165) is 24.3 Å². The molecule has 18 heavy (non-hydrogen) atoms. The third-order valence-electron chi connectivity index (χ3n) is 3.28. The second-order valence-electron chi connectivity index (χ2n) is 6.08. The Balaban J connectivity index is 2.05. The highest BCUT2D eigenvalue weighted by Crippen LogP contribution is 2.24. The topological polar surface area (TPSA) is 15.3 Å². The van der Waals surface area contributed by atoms with Gasteiger partial charge in [0, 0.05) is 25.2 Å². The SMILES string of the molecule is CC(C)(C)NCc1ccc(N2CCCC2)c(F)c1. The third kappa shape index (κ3) is 3.45. The van der Waals surface area contributed by atoms with Crippen LogP contribution in [-0.2, 0) is 6.54 Å². The van der Waals surface area contributed by atoms with Gasteiger partial charge in [-0.15, -0.1) is 0 Å². The molecule has 0 aromatic heterocycles. The molecule has 100 valence electrons. The molecule has 1 fully saturated rings. The summed E-state index contributed by atoms with van der Waals surface area (Å²) in [5.74, 6) is -0.0925. The lowest BCUT2D eigenvalue weighted by Gasteiger charge is -2.22. The highest BCUT2D eigenvalue weighted by atomic mass is 19.1. The zero-order valence-corrected chi connectivity index (χ0v) is 11.6. The molecule has 0 saturated carbocycles. The quantitative estimate of drug-likeness (QED) is 0.885. The lowest BCUT2D eigenvalue weighted by molar-refractivity contribution is 0.423. The van der Waals surface area contributed by atoms with Crippen LogP contribution in [0.1, 0.15) is 39.2 Å². The molecule has 0 atom stereocenters. The number of nitrogens with one attached hydrogen (secondary N) is 1. The number of hydrogen-bond acceptors (Lipinski definition) is 2. The first-order chi connectivity index (χ1) is 8.46. The standard InChI is InChI=1S/C15H23FN2/c1-15(2,3)17-11-12-6-7-14(13(16)10-12)18-8-4-5-9-18/h6-7,10,17H,4-5,8-9,11H2,1-3H3. The van der Waals surface area contributed by atoms with Crippen LogP contribution >= 0.6 is 0 Å². The van der Waals surface area contributed by atoms with Crippen molar-refractivity contribution in [1.29, 1.82) is 0 Å². The average Bonchev–Trinajstić information content (AvgIpc) is 2.79. The van der Waals surface area contributed by atoms with Crippen LogP contribution in [0.15, 0.2) is 18.2 Å². The number of halogens is 1. The van der Waals surface area contributed by atoms with E-state index in [0.29, 0.717) is 6.54 Å². The molecule has 1 aliphatic rings. The Kier molecular flexibility index (Phi) is 3.91. The largest absolute Gasteiger partial charge is 0.369 e. The molecule has 1 heterocycles. The normalized spacial score (nSPS) is 16.3. The van der Waals surface area contributed by atoms with Gasteiger partial charge >= 0.3 is 0 Å². The van der Waals surface area contributed by atoms with E-state index in [9.17, 15) is 4.39 Å². The lowest BCUT2D eigenvalue weighted by Crippen LogP contribution is -2.35. The number of nitrogens with zero attached hydrogens (tertiary/aromatic N) is 1. The van der Waals surface area contributed by atoms with E-state index in [4.69, 9.17) is 0 Å². The van der Waals surface area contributed by atoms with E-state index in [1.165, 1.54) is 12.8 Å². The summed E-state index contributed by atoms with van der Waals surface area (Å²) in [5.41, 5.74) is 1.82. The van der Waals surface area contributed by atoms with E-state index >= 15 is 0 Å². The highest BCUT2D eigenvalue weighted by Gasteiger charge is 2.16. The molecule has 3 heteroatoms. The maximum absolute atomic E-state index is 14.1. The molecule has 0 spiro atoms. The predicted molar refractivity (Wildman–Crippen MR) is 74.4 cm³/mol. The van der Waals surface area contributed by atoms with Crippen LogP contribution in [0, 0.1) is 5.82 Å². The Morgan fingerprint density at radius 3 is 2.44 bits per heavy atom. The zero-order valence-electron chi connectivity index (χ0n) is 11.6. The van der Waals surface area contributed by atoms with Crippen LogP contribution in [0.5, 0.6) is 0 Å². The number of benzene rings is 1. The summed E-state index contributed by atoms with van der Waals surface area (Å²) in [4.78, 5) is 2.14. The minimum Gasteiger partial charge on any atom is -0.369 e. The summed E-state index contributed by atoms with van der Waals surface area (Å²) in [6, 6.07) is 5.60. The molecule has 2 rings (SSSR count). The first kappa shape index (κ1) is 13.3. The second kappa shape index (κ2) is 5.27. The molecule has 1 aliphatic heterocycles. The molecule has 1 saturated heterocycles. The Morgan fingerprint density at radius 1 is 1.22 bits per heavy atom. The van der Waals surface area contributed by atoms with Crippen molar-refractivity contribution in [2.24, 2.45) is 0 Å². The van der Waals surface area contributed by atoms with Crippen LogP contribution < -0.4 is 10.2 Å². The van der Waals surface area contributed by atoms with Crippen molar-refractivity contribution in [3.05, 3.63) is 29.6 Å². The molecule has 0 radical (unpaired) electrons. The molecule has 0 unspecified atom stereocenters. The Labute approximate surface area is 109 Å². The number of anilines is 1. The van der Waals surface area contributed by atoms with E-state index in [2.05, 4.69) is 31.0 Å². The molecule has 0 amide bonds. The fourth-order valence-corrected chi connectivity index (χ4v) is 2.24. The van der Waals surface area contributed by atoms with Crippen LogP contribution in [0.2, 0.25) is 0 Å². The second-order valence-corrected chi connectivity index (χ2v) is 6.08. The van der Waals surface area contributed by atoms with Crippen LogP contribution in [0.4, 0.5) is 10.1 Å². The summed E-state index contributed by atoms with van der Waals surface area (Å²) < 4.78 is 14.1. The van der Waals surface area contributed by atoms with Crippen molar-refractivity contribution in [1.82, 2.24) is 5.32 Å². The highest BCUT2D eigenvalue weighted by molar-refractivity contribution is 5.49. The molecular weight excluding hydrogens is 227 g/mol. The third-order valence-corrected chi connectivity index (χ3v) is 3.28. The summed E-state index contributed by atoms with van der Waals surface area (Å²) in [5, 5.41) is 3.37. The monoisotopic (exact) mass is 250 g/mol. The minimum absolute atomic E-state index is 0.0596. The van der Waals surface area contributed by atoms with Gasteiger partial charge in [0.1, 0.15) is 5.82 Å². The van der Waals surface area contributed by atoms with Crippen LogP contribution in [0.3, 0.4) is 0 Å². The van der Waals surface area contributed by atoms with Gasteiger partial charge in [0.05, 0.1) is 5.69 Å². The van der Waals surface area contributed by atoms with Gasteiger partial charge in [0.25, 0.3) is 0 Å². The Hall–Kier alpha value is -1.09. The average molecular weight is 250 g/mol. The van der Waals surface area contributed by atoms with Crippen molar-refractivity contribution >= 4 is 5.69 Å². The van der Waals surface area contributed by atoms with Crippen LogP contribution in [0.25, 0.3) is 0 Å². The first-order valence-electron chi connectivity index (χ1n) is 6.74. The zero-order chi connectivity index (χ0) is 13.2. The smallest absolute Gasteiger partial charge is 0.146 e. The van der Waals surface area contributed by atoms with Crippen molar-refractivity contribution in [2.45, 2.75) is 45.7 Å². The molecule has 0 aliphatic carbocycles. The maximum atomic E-state index is 14.1. The van der Waals surface area contributed by atoms with Crippen molar-refractivity contribution in [2.75, 3.05) is 18.0 Å². The maximum Gasteiger partial charge on any atom is 0.146 e. The van der Waals surface area contributed by atoms with Crippen molar-refractivity contribution in [3.8, 4) is 0 Å². The summed E-state index contributed by atoms with van der Waals surface area (Å²) in [7, 11) is 0. The molecule has 1 aromatic carbocycles. The Bertz CT molecular complexity index is 403. The van der Waals surface area contributed by atoms with E-state index < -0.39 is 0 Å². The van der Waals surface area contributed by atoms with Gasteiger partial charge in [-0.3, -0.25) is 0 Å². The van der Waals surface area contributed by atoms with Crippen molar-refractivity contribution in [3.63, 3.8) is 0 Å². The van der Waals surface area contributed by atoms with Crippen LogP contribution in [-0.4, -0.2) is 18.6 Å². The number of hydrogen-bond donors (Lipinski definition) is 1. The Morgan fingerprint density at radius 2 is 1.89 bits per heavy atom. The van der Waals surface area contributed by atoms with Gasteiger partial charge in [-0.05, 0) is 51.3 Å². The van der Waals surface area contributed by atoms with Gasteiger partial charge in [-0.1, -0.05) is 6.07 Å². The summed E-state index contributed by atoms with van der Waals surface area (Å²) >= 11 is 0. The fraction of sp³-hybridized carbons (Fsp3) is 0.600. The summed E-state index contributed by atoms with van der Waals surface area (Å²) in [6.45, 7) is 9.01. The fourth-order valence-electron chi connectivity index (χ4n) is 2.24. The number of rotatable bonds is 3. The molecule has 1 aromatic rings. The minimum atomic E-state index is -0.0925. The van der Waals surface area contributed by atoms with Gasteiger partial charge < -0.3 is 10.2 Å². The molecule has 1 N–H and O–H groups in total. The van der Waals surface area contributed by atoms with E-state index in [1.807, 2.05) is 12.1 Å². The van der Waals surface area contributed by atoms with Gasteiger partial charge in [0.15, 0.2) is 0 Å². The summed E-state index contributed by atoms with van der Waals surface area (Å²) in [6.07, 6.45) is 2.35. The lowest BCUT2D eigenvalue weighted by atomic mass is 10.1. The van der Waals surface area contributed by atoms with Gasteiger partial charge in [-0.2, -0.15) is 0 Å².